The molecule has 0 aliphatic rings. The molecule has 0 saturated heterocycles. The highest BCUT2D eigenvalue weighted by molar-refractivity contribution is 6.32. The second kappa shape index (κ2) is 10.6. The van der Waals surface area contributed by atoms with E-state index in [-0.39, 0.29) is 23.7 Å². The number of rotatable bonds is 8. The minimum Gasteiger partial charge on any atom is -0.325 e. The van der Waals surface area contributed by atoms with Gasteiger partial charge in [0.1, 0.15) is 6.07 Å². The van der Waals surface area contributed by atoms with Crippen LogP contribution in [0.5, 0.6) is 0 Å². The largest absolute Gasteiger partial charge is 0.325 e. The fraction of sp³-hybridized carbons (Fsp3) is 0.250. The number of nitriles is 1. The maximum Gasteiger partial charge on any atom is 0.238 e. The summed E-state index contributed by atoms with van der Waals surface area (Å²) in [7, 11) is 0. The third-order valence-electron chi connectivity index (χ3n) is 3.96. The van der Waals surface area contributed by atoms with Crippen LogP contribution in [0.3, 0.4) is 0 Å². The van der Waals surface area contributed by atoms with Crippen molar-refractivity contribution >= 4 is 34.8 Å². The van der Waals surface area contributed by atoms with Crippen LogP contribution in [0.4, 0.5) is 24.5 Å². The van der Waals surface area contributed by atoms with Crippen molar-refractivity contribution in [3.63, 3.8) is 0 Å². The van der Waals surface area contributed by atoms with Gasteiger partial charge in [0.05, 0.1) is 29.4 Å². The van der Waals surface area contributed by atoms with E-state index in [1.165, 1.54) is 23.1 Å². The zero-order chi connectivity index (χ0) is 22.3. The number of halogens is 4. The molecule has 0 aromatic heterocycles. The van der Waals surface area contributed by atoms with E-state index in [1.807, 2.05) is 13.0 Å². The summed E-state index contributed by atoms with van der Waals surface area (Å²) in [5.74, 6) is -5.67. The van der Waals surface area contributed by atoms with Crippen LogP contribution in [-0.4, -0.2) is 36.3 Å². The number of nitrogens with one attached hydrogen (secondary N) is 2. The minimum atomic E-state index is -1.68. The molecule has 0 fully saturated rings. The molecule has 0 spiro atoms. The molecule has 0 atom stereocenters. The Morgan fingerprint density at radius 1 is 1.07 bits per heavy atom. The standard InChI is InChI=1S/C20H18ClF3N4O2/c1-2-7-28(10-17(29)26-13-4-3-12(9-25)14(21)8-13)11-18(30)27-16-6-5-15(22)19(23)20(16)24/h3-6,8H,2,7,10-11H2,1H3,(H,26,29)(H,27,30). The van der Waals surface area contributed by atoms with Gasteiger partial charge in [-0.3, -0.25) is 14.5 Å². The van der Waals surface area contributed by atoms with Gasteiger partial charge < -0.3 is 10.6 Å². The molecular weight excluding hydrogens is 421 g/mol. The van der Waals surface area contributed by atoms with Gasteiger partial charge in [-0.1, -0.05) is 18.5 Å². The highest BCUT2D eigenvalue weighted by Gasteiger charge is 2.18. The topological polar surface area (TPSA) is 85.2 Å². The Balaban J connectivity index is 1.99. The summed E-state index contributed by atoms with van der Waals surface area (Å²) in [5, 5.41) is 13.8. The summed E-state index contributed by atoms with van der Waals surface area (Å²) in [6.07, 6.45) is 0.628. The Labute approximate surface area is 176 Å². The van der Waals surface area contributed by atoms with Crippen molar-refractivity contribution in [2.24, 2.45) is 0 Å². The first-order valence-electron chi connectivity index (χ1n) is 8.90. The van der Waals surface area contributed by atoms with E-state index in [1.54, 1.807) is 0 Å². The first-order valence-corrected chi connectivity index (χ1v) is 9.28. The zero-order valence-corrected chi connectivity index (χ0v) is 16.7. The van der Waals surface area contributed by atoms with Crippen LogP contribution in [0.1, 0.15) is 18.9 Å². The van der Waals surface area contributed by atoms with E-state index in [0.717, 1.165) is 6.07 Å². The number of hydrogen-bond donors (Lipinski definition) is 2. The molecule has 2 rings (SSSR count). The van der Waals surface area contributed by atoms with E-state index in [4.69, 9.17) is 16.9 Å². The molecule has 10 heteroatoms. The molecule has 2 aromatic carbocycles. The number of hydrogen-bond acceptors (Lipinski definition) is 4. The average Bonchev–Trinajstić information content (AvgIpc) is 2.68. The van der Waals surface area contributed by atoms with E-state index in [9.17, 15) is 22.8 Å². The highest BCUT2D eigenvalue weighted by atomic mass is 35.5. The monoisotopic (exact) mass is 438 g/mol. The maximum absolute atomic E-state index is 13.7. The molecule has 0 heterocycles. The molecule has 6 nitrogen and oxygen atoms in total. The first kappa shape index (κ1) is 23.2. The van der Waals surface area contributed by atoms with Crippen molar-refractivity contribution in [1.82, 2.24) is 4.90 Å². The average molecular weight is 439 g/mol. The van der Waals surface area contributed by atoms with Crippen molar-refractivity contribution in [2.75, 3.05) is 30.3 Å². The van der Waals surface area contributed by atoms with Gasteiger partial charge in [-0.05, 0) is 43.3 Å². The van der Waals surface area contributed by atoms with Gasteiger partial charge in [0.25, 0.3) is 0 Å². The van der Waals surface area contributed by atoms with Gasteiger partial charge in [0, 0.05) is 5.69 Å². The number of anilines is 2. The maximum atomic E-state index is 13.7. The molecule has 0 unspecified atom stereocenters. The molecule has 2 amide bonds. The molecule has 30 heavy (non-hydrogen) atoms. The third-order valence-corrected chi connectivity index (χ3v) is 4.27. The molecule has 0 saturated carbocycles. The van der Waals surface area contributed by atoms with Crippen molar-refractivity contribution in [2.45, 2.75) is 13.3 Å². The number of amides is 2. The molecule has 0 aliphatic heterocycles. The van der Waals surface area contributed by atoms with Crippen molar-refractivity contribution in [3.8, 4) is 6.07 Å². The van der Waals surface area contributed by atoms with Crippen LogP contribution < -0.4 is 10.6 Å². The lowest BCUT2D eigenvalue weighted by Gasteiger charge is -2.20. The van der Waals surface area contributed by atoms with Crippen LogP contribution in [0.2, 0.25) is 5.02 Å². The summed E-state index contributed by atoms with van der Waals surface area (Å²) >= 11 is 5.93. The smallest absolute Gasteiger partial charge is 0.238 e. The number of nitrogens with zero attached hydrogens (tertiary/aromatic N) is 2. The lowest BCUT2D eigenvalue weighted by molar-refractivity contribution is -0.120. The van der Waals surface area contributed by atoms with E-state index >= 15 is 0 Å². The number of carbonyl (C=O) groups excluding carboxylic acids is 2. The fourth-order valence-electron chi connectivity index (χ4n) is 2.63. The Morgan fingerprint density at radius 3 is 2.33 bits per heavy atom. The molecule has 2 aromatic rings. The molecule has 0 bridgehead atoms. The molecule has 0 aliphatic carbocycles. The summed E-state index contributed by atoms with van der Waals surface area (Å²) in [5.41, 5.74) is 0.157. The lowest BCUT2D eigenvalue weighted by atomic mass is 10.2. The van der Waals surface area contributed by atoms with Crippen LogP contribution in [0.25, 0.3) is 0 Å². The second-order valence-electron chi connectivity index (χ2n) is 6.34. The highest BCUT2D eigenvalue weighted by Crippen LogP contribution is 2.21. The van der Waals surface area contributed by atoms with E-state index in [2.05, 4.69) is 10.6 Å². The Kier molecular flexibility index (Phi) is 8.21. The lowest BCUT2D eigenvalue weighted by Crippen LogP contribution is -2.39. The first-order chi connectivity index (χ1) is 14.2. The molecule has 0 radical (unpaired) electrons. The number of carbonyl (C=O) groups is 2. The summed E-state index contributed by atoms with van der Waals surface area (Å²) in [6.45, 7) is 1.81. The normalized spacial score (nSPS) is 10.6. The zero-order valence-electron chi connectivity index (χ0n) is 15.9. The Hall–Kier alpha value is -3.09. The summed E-state index contributed by atoms with van der Waals surface area (Å²) in [6, 6.07) is 7.94. The van der Waals surface area contributed by atoms with E-state index < -0.39 is 35.0 Å². The summed E-state index contributed by atoms with van der Waals surface area (Å²) in [4.78, 5) is 26.0. The molecule has 158 valence electrons. The minimum absolute atomic E-state index is 0.154. The van der Waals surface area contributed by atoms with E-state index in [0.29, 0.717) is 24.7 Å². The van der Waals surface area contributed by atoms with Gasteiger partial charge in [0.2, 0.25) is 11.8 Å². The SMILES string of the molecule is CCCN(CC(=O)Nc1ccc(C#N)c(Cl)c1)CC(=O)Nc1ccc(F)c(F)c1F. The fourth-order valence-corrected chi connectivity index (χ4v) is 2.86. The predicted octanol–water partition coefficient (Wildman–Crippen LogP) is 3.92. The van der Waals surface area contributed by atoms with Gasteiger partial charge in [-0.15, -0.1) is 0 Å². The number of benzene rings is 2. The Morgan fingerprint density at radius 2 is 1.73 bits per heavy atom. The second-order valence-corrected chi connectivity index (χ2v) is 6.74. The van der Waals surface area contributed by atoms with Crippen LogP contribution >= 0.6 is 11.6 Å². The quantitative estimate of drug-likeness (QED) is 0.612. The molecular formula is C20H18ClF3N4O2. The van der Waals surface area contributed by atoms with Gasteiger partial charge in [0.15, 0.2) is 17.5 Å². The third kappa shape index (κ3) is 6.20. The van der Waals surface area contributed by atoms with Gasteiger partial charge in [-0.2, -0.15) is 5.26 Å². The van der Waals surface area contributed by atoms with Crippen LogP contribution in [0, 0.1) is 28.8 Å². The summed E-state index contributed by atoms with van der Waals surface area (Å²) < 4.78 is 40.0. The van der Waals surface area contributed by atoms with Gasteiger partial charge in [-0.25, -0.2) is 13.2 Å². The Bertz CT molecular complexity index is 995. The van der Waals surface area contributed by atoms with Gasteiger partial charge >= 0.3 is 0 Å². The molecule has 2 N–H and O–H groups in total. The van der Waals surface area contributed by atoms with Crippen LogP contribution in [0.15, 0.2) is 30.3 Å². The predicted molar refractivity (Wildman–Crippen MR) is 106 cm³/mol. The van der Waals surface area contributed by atoms with Crippen molar-refractivity contribution < 1.29 is 22.8 Å². The van der Waals surface area contributed by atoms with Crippen molar-refractivity contribution in [1.29, 1.82) is 5.26 Å². The van der Waals surface area contributed by atoms with Crippen molar-refractivity contribution in [3.05, 3.63) is 58.4 Å². The van der Waals surface area contributed by atoms with Crippen LogP contribution in [-0.2, 0) is 9.59 Å².